The highest BCUT2D eigenvalue weighted by molar-refractivity contribution is 5.92. The number of hydrogen-bond acceptors (Lipinski definition) is 3. The van der Waals surface area contributed by atoms with Crippen molar-refractivity contribution in [2.45, 2.75) is 6.18 Å². The van der Waals surface area contributed by atoms with E-state index in [1.54, 1.807) is 30.3 Å². The molecule has 1 aromatic carbocycles. The van der Waals surface area contributed by atoms with E-state index in [-0.39, 0.29) is 0 Å². The number of alkyl halides is 3. The van der Waals surface area contributed by atoms with Crippen molar-refractivity contribution < 1.29 is 27.9 Å². The van der Waals surface area contributed by atoms with Crippen molar-refractivity contribution in [3.63, 3.8) is 0 Å². The van der Waals surface area contributed by atoms with Gasteiger partial charge in [0.1, 0.15) is 0 Å². The zero-order valence-electron chi connectivity index (χ0n) is 10.4. The fourth-order valence-corrected chi connectivity index (χ4v) is 1.54. The number of nitrogens with zero attached hydrogens (tertiary/aromatic N) is 1. The molecule has 0 radical (unpaired) electrons. The van der Waals surface area contributed by atoms with Crippen molar-refractivity contribution in [1.82, 2.24) is 4.90 Å². The number of hydrogen-bond donors (Lipinski definition) is 2. The largest absolute Gasteiger partial charge is 0.480 e. The molecule has 0 bridgehead atoms. The number of amides is 1. The van der Waals surface area contributed by atoms with Crippen LogP contribution < -0.4 is 5.32 Å². The average molecular weight is 290 g/mol. The summed E-state index contributed by atoms with van der Waals surface area (Å²) >= 11 is 0. The summed E-state index contributed by atoms with van der Waals surface area (Å²) in [6.07, 6.45) is -4.57. The predicted octanol–water partition coefficient (Wildman–Crippen LogP) is 1.57. The summed E-state index contributed by atoms with van der Waals surface area (Å²) in [5.41, 5.74) is 0.430. The minimum atomic E-state index is -4.57. The molecule has 0 fully saturated rings. The molecule has 20 heavy (non-hydrogen) atoms. The summed E-state index contributed by atoms with van der Waals surface area (Å²) < 4.78 is 36.8. The zero-order valence-corrected chi connectivity index (χ0v) is 10.4. The van der Waals surface area contributed by atoms with E-state index in [2.05, 4.69) is 5.32 Å². The van der Waals surface area contributed by atoms with Crippen molar-refractivity contribution in [3.8, 4) is 0 Å². The second kappa shape index (κ2) is 6.90. The molecule has 0 aromatic heterocycles. The van der Waals surface area contributed by atoms with E-state index in [9.17, 15) is 22.8 Å². The molecular weight excluding hydrogens is 277 g/mol. The fraction of sp³-hybridized carbons (Fsp3) is 0.333. The first-order valence-corrected chi connectivity index (χ1v) is 5.62. The third-order valence-corrected chi connectivity index (χ3v) is 2.19. The van der Waals surface area contributed by atoms with E-state index >= 15 is 0 Å². The van der Waals surface area contributed by atoms with Gasteiger partial charge in [-0.15, -0.1) is 0 Å². The molecule has 1 amide bonds. The van der Waals surface area contributed by atoms with Gasteiger partial charge >= 0.3 is 12.1 Å². The van der Waals surface area contributed by atoms with Gasteiger partial charge in [-0.05, 0) is 12.1 Å². The van der Waals surface area contributed by atoms with E-state index in [4.69, 9.17) is 5.11 Å². The summed E-state index contributed by atoms with van der Waals surface area (Å²) in [6, 6.07) is 8.17. The molecule has 0 saturated heterocycles. The van der Waals surface area contributed by atoms with Crippen LogP contribution in [0.5, 0.6) is 0 Å². The lowest BCUT2D eigenvalue weighted by Gasteiger charge is -2.21. The quantitative estimate of drug-likeness (QED) is 0.834. The predicted molar refractivity (Wildman–Crippen MR) is 65.2 cm³/mol. The molecule has 0 saturated carbocycles. The molecule has 5 nitrogen and oxygen atoms in total. The van der Waals surface area contributed by atoms with Gasteiger partial charge in [-0.1, -0.05) is 18.2 Å². The van der Waals surface area contributed by atoms with Crippen LogP contribution in [0.4, 0.5) is 18.9 Å². The molecule has 0 atom stereocenters. The molecule has 8 heteroatoms. The topological polar surface area (TPSA) is 69.6 Å². The fourth-order valence-electron chi connectivity index (χ4n) is 1.54. The minimum absolute atomic E-state index is 0.430. The van der Waals surface area contributed by atoms with E-state index in [1.807, 2.05) is 0 Å². The molecule has 0 heterocycles. The number of halogens is 3. The Balaban J connectivity index is 2.59. The lowest BCUT2D eigenvalue weighted by atomic mass is 10.3. The van der Waals surface area contributed by atoms with Crippen LogP contribution in [-0.4, -0.2) is 47.7 Å². The highest BCUT2D eigenvalue weighted by Gasteiger charge is 2.32. The SMILES string of the molecule is O=C(O)CN(CC(=O)Nc1ccccc1)CC(F)(F)F. The van der Waals surface area contributed by atoms with Crippen molar-refractivity contribution >= 4 is 17.6 Å². The van der Waals surface area contributed by atoms with Gasteiger partial charge in [-0.3, -0.25) is 14.5 Å². The maximum Gasteiger partial charge on any atom is 0.401 e. The van der Waals surface area contributed by atoms with Crippen LogP contribution in [0.15, 0.2) is 30.3 Å². The van der Waals surface area contributed by atoms with Crippen LogP contribution in [0.1, 0.15) is 0 Å². The molecule has 0 aliphatic heterocycles. The number of benzene rings is 1. The van der Waals surface area contributed by atoms with Crippen LogP contribution in [0, 0.1) is 0 Å². The van der Waals surface area contributed by atoms with E-state index in [0.29, 0.717) is 10.6 Å². The highest BCUT2D eigenvalue weighted by atomic mass is 19.4. The highest BCUT2D eigenvalue weighted by Crippen LogP contribution is 2.16. The van der Waals surface area contributed by atoms with Gasteiger partial charge in [0.15, 0.2) is 0 Å². The van der Waals surface area contributed by atoms with Crippen molar-refractivity contribution in [2.75, 3.05) is 25.0 Å². The third kappa shape index (κ3) is 6.74. The van der Waals surface area contributed by atoms with Crippen molar-refractivity contribution in [3.05, 3.63) is 30.3 Å². The number of nitrogens with one attached hydrogen (secondary N) is 1. The van der Waals surface area contributed by atoms with E-state index < -0.39 is 37.7 Å². The maximum absolute atomic E-state index is 12.3. The lowest BCUT2D eigenvalue weighted by Crippen LogP contribution is -2.42. The van der Waals surface area contributed by atoms with Gasteiger partial charge in [0.25, 0.3) is 0 Å². The Hall–Kier alpha value is -2.09. The number of rotatable bonds is 6. The molecule has 0 aliphatic rings. The number of carboxylic acid groups (broad SMARTS) is 1. The Bertz CT molecular complexity index is 463. The van der Waals surface area contributed by atoms with Crippen molar-refractivity contribution in [2.24, 2.45) is 0 Å². The molecule has 0 aliphatic carbocycles. The Morgan fingerprint density at radius 3 is 2.25 bits per heavy atom. The van der Waals surface area contributed by atoms with Gasteiger partial charge in [0.05, 0.1) is 19.6 Å². The summed E-state index contributed by atoms with van der Waals surface area (Å²) in [7, 11) is 0. The lowest BCUT2D eigenvalue weighted by molar-refractivity contribution is -0.154. The van der Waals surface area contributed by atoms with Crippen LogP contribution >= 0.6 is 0 Å². The minimum Gasteiger partial charge on any atom is -0.480 e. The molecule has 0 spiro atoms. The zero-order chi connectivity index (χ0) is 15.2. The van der Waals surface area contributed by atoms with Gasteiger partial charge in [0.2, 0.25) is 5.91 Å². The number of carbonyl (C=O) groups is 2. The summed E-state index contributed by atoms with van der Waals surface area (Å²) in [5.74, 6) is -2.14. The molecule has 0 unspecified atom stereocenters. The van der Waals surface area contributed by atoms with E-state index in [0.717, 1.165) is 0 Å². The van der Waals surface area contributed by atoms with E-state index in [1.165, 1.54) is 0 Å². The Labute approximate surface area is 113 Å². The van der Waals surface area contributed by atoms with Crippen LogP contribution in [0.2, 0.25) is 0 Å². The normalized spacial score (nSPS) is 11.4. The number of carboxylic acids is 1. The van der Waals surface area contributed by atoms with Crippen molar-refractivity contribution in [1.29, 1.82) is 0 Å². The molecule has 110 valence electrons. The van der Waals surface area contributed by atoms with Gasteiger partial charge in [0, 0.05) is 5.69 Å². The van der Waals surface area contributed by atoms with Gasteiger partial charge in [-0.2, -0.15) is 13.2 Å². The first-order valence-electron chi connectivity index (χ1n) is 5.62. The number of carbonyl (C=O) groups excluding carboxylic acids is 1. The first-order chi connectivity index (χ1) is 9.26. The molecule has 1 aromatic rings. The number of para-hydroxylation sites is 1. The van der Waals surface area contributed by atoms with Gasteiger partial charge in [-0.25, -0.2) is 0 Å². The Morgan fingerprint density at radius 2 is 1.75 bits per heavy atom. The Kier molecular flexibility index (Phi) is 5.51. The summed E-state index contributed by atoms with van der Waals surface area (Å²) in [4.78, 5) is 22.6. The molecule has 2 N–H and O–H groups in total. The maximum atomic E-state index is 12.3. The first kappa shape index (κ1) is 16.0. The monoisotopic (exact) mass is 290 g/mol. The summed E-state index contributed by atoms with van der Waals surface area (Å²) in [5, 5.41) is 10.9. The van der Waals surface area contributed by atoms with Crippen LogP contribution in [-0.2, 0) is 9.59 Å². The summed E-state index contributed by atoms with van der Waals surface area (Å²) in [6.45, 7) is -2.97. The number of aliphatic carboxylic acids is 1. The molecular formula is C12H13F3N2O3. The second-order valence-corrected chi connectivity index (χ2v) is 4.07. The van der Waals surface area contributed by atoms with Crippen LogP contribution in [0.25, 0.3) is 0 Å². The third-order valence-electron chi connectivity index (χ3n) is 2.19. The van der Waals surface area contributed by atoms with Crippen LogP contribution in [0.3, 0.4) is 0 Å². The second-order valence-electron chi connectivity index (χ2n) is 4.07. The standard InChI is InChI=1S/C12H13F3N2O3/c13-12(14,15)8-17(7-11(19)20)6-10(18)16-9-4-2-1-3-5-9/h1-5H,6-8H2,(H,16,18)(H,19,20). The average Bonchev–Trinajstić information content (AvgIpc) is 2.26. The Morgan fingerprint density at radius 1 is 1.15 bits per heavy atom. The smallest absolute Gasteiger partial charge is 0.401 e. The number of anilines is 1. The van der Waals surface area contributed by atoms with Gasteiger partial charge < -0.3 is 10.4 Å². The molecule has 1 rings (SSSR count).